The quantitative estimate of drug-likeness (QED) is 0.708. The van der Waals surface area contributed by atoms with Gasteiger partial charge in [0, 0.05) is 0 Å². The maximum Gasteiger partial charge on any atom is 0.418 e. The van der Waals surface area contributed by atoms with Crippen molar-refractivity contribution in [3.05, 3.63) is 58.7 Å². The highest BCUT2D eigenvalue weighted by atomic mass is 31.1. The number of hydrogen-bond acceptors (Lipinski definition) is 3. The Labute approximate surface area is 144 Å². The van der Waals surface area contributed by atoms with Gasteiger partial charge in [-0.25, -0.2) is 4.57 Å². The lowest BCUT2D eigenvalue weighted by atomic mass is 9.91. The molecule has 0 fully saturated rings. The summed E-state index contributed by atoms with van der Waals surface area (Å²) in [7, 11) is -2.61. The molecule has 0 aromatic heterocycles. The van der Waals surface area contributed by atoms with Crippen molar-refractivity contribution >= 4 is 8.25 Å². The van der Waals surface area contributed by atoms with Gasteiger partial charge in [-0.05, 0) is 85.8 Å². The van der Waals surface area contributed by atoms with Crippen LogP contribution < -0.4 is 9.05 Å². The number of fused-ring (bicyclic) bond motifs is 2. The van der Waals surface area contributed by atoms with E-state index in [0.29, 0.717) is 0 Å². The molecule has 3 nitrogen and oxygen atoms in total. The van der Waals surface area contributed by atoms with Crippen LogP contribution >= 0.6 is 8.25 Å². The first-order chi connectivity index (χ1) is 11.8. The Morgan fingerprint density at radius 3 is 1.62 bits per heavy atom. The van der Waals surface area contributed by atoms with Crippen LogP contribution in [0.4, 0.5) is 0 Å². The second-order valence-electron chi connectivity index (χ2n) is 6.66. The molecule has 24 heavy (non-hydrogen) atoms. The van der Waals surface area contributed by atoms with Crippen molar-refractivity contribution < 1.29 is 13.6 Å². The van der Waals surface area contributed by atoms with Gasteiger partial charge in [0.1, 0.15) is 11.5 Å². The summed E-state index contributed by atoms with van der Waals surface area (Å²) in [5, 5.41) is 0. The first-order valence-corrected chi connectivity index (χ1v) is 10.1. The van der Waals surface area contributed by atoms with E-state index in [0.717, 1.165) is 37.2 Å². The molecule has 2 aromatic carbocycles. The summed E-state index contributed by atoms with van der Waals surface area (Å²) >= 11 is 0. The van der Waals surface area contributed by atoms with E-state index in [1.165, 1.54) is 47.9 Å². The van der Waals surface area contributed by atoms with Crippen LogP contribution in [0.3, 0.4) is 0 Å². The van der Waals surface area contributed by atoms with E-state index in [1.807, 2.05) is 24.3 Å². The zero-order valence-corrected chi connectivity index (χ0v) is 14.8. The average molecular weight is 342 g/mol. The van der Waals surface area contributed by atoms with Gasteiger partial charge < -0.3 is 9.05 Å². The van der Waals surface area contributed by atoms with E-state index in [-0.39, 0.29) is 0 Å². The number of aryl methyl sites for hydroxylation is 2. The smallest absolute Gasteiger partial charge is 0.418 e. The Hall–Kier alpha value is -1.73. The summed E-state index contributed by atoms with van der Waals surface area (Å²) in [4.78, 5) is 0. The van der Waals surface area contributed by atoms with Crippen molar-refractivity contribution in [2.75, 3.05) is 0 Å². The lowest BCUT2D eigenvalue weighted by molar-refractivity contribution is 0.409. The van der Waals surface area contributed by atoms with E-state index in [1.54, 1.807) is 0 Å². The molecule has 0 N–H and O–H groups in total. The number of hydrogen-bond donors (Lipinski definition) is 0. The largest absolute Gasteiger partial charge is 0.418 e. The van der Waals surface area contributed by atoms with Gasteiger partial charge in [0.2, 0.25) is 0 Å². The highest BCUT2D eigenvalue weighted by Crippen LogP contribution is 2.39. The van der Waals surface area contributed by atoms with Gasteiger partial charge in [0.25, 0.3) is 0 Å². The van der Waals surface area contributed by atoms with Crippen LogP contribution in [-0.2, 0) is 30.2 Å². The molecule has 0 spiro atoms. The molecule has 0 amide bonds. The molecule has 2 aromatic rings. The number of benzene rings is 2. The minimum absolute atomic E-state index is 0.737. The van der Waals surface area contributed by atoms with Crippen LogP contribution in [0.1, 0.15) is 47.9 Å². The Kier molecular flexibility index (Phi) is 4.62. The lowest BCUT2D eigenvalue weighted by Gasteiger charge is -2.21. The zero-order valence-electron chi connectivity index (χ0n) is 13.8. The molecule has 4 heteroatoms. The van der Waals surface area contributed by atoms with Gasteiger partial charge in [-0.1, -0.05) is 24.3 Å². The third-order valence-corrected chi connectivity index (χ3v) is 5.87. The van der Waals surface area contributed by atoms with Crippen LogP contribution in [0.25, 0.3) is 0 Å². The van der Waals surface area contributed by atoms with Crippen molar-refractivity contribution in [3.8, 4) is 11.5 Å². The van der Waals surface area contributed by atoms with Crippen molar-refractivity contribution in [1.82, 2.24) is 0 Å². The van der Waals surface area contributed by atoms with E-state index in [4.69, 9.17) is 9.05 Å². The fourth-order valence-electron chi connectivity index (χ4n) is 3.88. The van der Waals surface area contributed by atoms with Crippen LogP contribution in [0.2, 0.25) is 0 Å². The molecular formula is C20H23O3P. The minimum Gasteiger partial charge on any atom is -0.418 e. The number of rotatable bonds is 4. The summed E-state index contributed by atoms with van der Waals surface area (Å²) < 4.78 is 24.0. The molecule has 0 heterocycles. The second kappa shape index (κ2) is 7.03. The molecule has 0 bridgehead atoms. The highest BCUT2D eigenvalue weighted by Gasteiger charge is 2.18. The maximum absolute atomic E-state index is 12.5. The monoisotopic (exact) mass is 342 g/mol. The van der Waals surface area contributed by atoms with E-state index >= 15 is 0 Å². The highest BCUT2D eigenvalue weighted by molar-refractivity contribution is 7.34. The normalized spacial score (nSPS) is 16.4. The van der Waals surface area contributed by atoms with Crippen LogP contribution in [0.5, 0.6) is 11.5 Å². The van der Waals surface area contributed by atoms with Gasteiger partial charge in [-0.2, -0.15) is 0 Å². The third kappa shape index (κ3) is 3.23. The predicted molar refractivity (Wildman–Crippen MR) is 96.4 cm³/mol. The molecule has 2 aliphatic rings. The van der Waals surface area contributed by atoms with Gasteiger partial charge in [-0.3, -0.25) is 0 Å². The standard InChI is InChI=1S/C20H23O3P/c21-24(22-19-13-5-9-15-7-1-3-11-17(15)19)23-20-14-6-10-16-8-2-4-12-18(16)20/h5-6,9-10,13-14,24H,1-4,7-8,11-12H2. The van der Waals surface area contributed by atoms with Gasteiger partial charge in [0.05, 0.1) is 0 Å². The summed E-state index contributed by atoms with van der Waals surface area (Å²) in [6.07, 6.45) is 8.95. The second-order valence-corrected chi connectivity index (χ2v) is 7.56. The minimum atomic E-state index is -2.61. The predicted octanol–water partition coefficient (Wildman–Crippen LogP) is 5.29. The fourth-order valence-corrected chi connectivity index (χ4v) is 4.67. The lowest BCUT2D eigenvalue weighted by Crippen LogP contribution is -2.06. The maximum atomic E-state index is 12.5. The Bertz CT molecular complexity index is 706. The van der Waals surface area contributed by atoms with Gasteiger partial charge >= 0.3 is 8.25 Å². The molecule has 0 unspecified atom stereocenters. The molecule has 0 saturated heterocycles. The summed E-state index contributed by atoms with van der Waals surface area (Å²) in [6.45, 7) is 0. The summed E-state index contributed by atoms with van der Waals surface area (Å²) in [6, 6.07) is 12.1. The van der Waals surface area contributed by atoms with E-state index in [9.17, 15) is 4.57 Å². The van der Waals surface area contributed by atoms with Crippen molar-refractivity contribution in [2.45, 2.75) is 51.4 Å². The van der Waals surface area contributed by atoms with Crippen LogP contribution in [0, 0.1) is 0 Å². The van der Waals surface area contributed by atoms with E-state index in [2.05, 4.69) is 12.1 Å². The molecule has 2 aliphatic carbocycles. The van der Waals surface area contributed by atoms with Crippen LogP contribution in [0.15, 0.2) is 36.4 Å². The van der Waals surface area contributed by atoms with Crippen LogP contribution in [-0.4, -0.2) is 0 Å². The zero-order chi connectivity index (χ0) is 16.4. The first kappa shape index (κ1) is 15.8. The van der Waals surface area contributed by atoms with Crippen molar-refractivity contribution in [2.24, 2.45) is 0 Å². The summed E-state index contributed by atoms with van der Waals surface area (Å²) in [5.41, 5.74) is 5.07. The summed E-state index contributed by atoms with van der Waals surface area (Å²) in [5.74, 6) is 1.47. The Morgan fingerprint density at radius 1 is 0.667 bits per heavy atom. The Balaban J connectivity index is 1.52. The first-order valence-electron chi connectivity index (χ1n) is 8.92. The molecular weight excluding hydrogens is 319 g/mol. The SMILES string of the molecule is O=[PH](Oc1cccc2c1CCCC2)Oc1cccc2c1CCCC2. The third-order valence-electron chi connectivity index (χ3n) is 5.09. The fraction of sp³-hybridized carbons (Fsp3) is 0.400. The van der Waals surface area contributed by atoms with Crippen molar-refractivity contribution in [3.63, 3.8) is 0 Å². The average Bonchev–Trinajstić information content (AvgIpc) is 2.62. The molecule has 0 saturated carbocycles. The molecule has 126 valence electrons. The molecule has 4 rings (SSSR count). The van der Waals surface area contributed by atoms with Crippen molar-refractivity contribution in [1.29, 1.82) is 0 Å². The van der Waals surface area contributed by atoms with E-state index < -0.39 is 8.25 Å². The van der Waals surface area contributed by atoms with Gasteiger partial charge in [0.15, 0.2) is 0 Å². The van der Waals surface area contributed by atoms with Gasteiger partial charge in [-0.15, -0.1) is 0 Å². The molecule has 0 aliphatic heterocycles. The molecule has 0 atom stereocenters. The Morgan fingerprint density at radius 2 is 1.12 bits per heavy atom. The molecule has 0 radical (unpaired) electrons. The topological polar surface area (TPSA) is 35.5 Å².